The lowest BCUT2D eigenvalue weighted by atomic mass is 10.0. The highest BCUT2D eigenvalue weighted by molar-refractivity contribution is 6.31. The van der Waals surface area contributed by atoms with Gasteiger partial charge in [-0.15, -0.1) is 0 Å². The first-order valence-corrected chi connectivity index (χ1v) is 5.53. The molecule has 2 rings (SSSR count). The average molecular weight is 248 g/mol. The third kappa shape index (κ3) is 2.15. The summed E-state index contributed by atoms with van der Waals surface area (Å²) in [6.45, 7) is 1.75. The zero-order valence-corrected chi connectivity index (χ0v) is 9.98. The maximum atomic E-state index is 12.0. The summed E-state index contributed by atoms with van der Waals surface area (Å²) in [6.07, 6.45) is 0.158. The van der Waals surface area contributed by atoms with Crippen LogP contribution in [0.4, 0.5) is 5.69 Å². The number of hydrogen-bond donors (Lipinski definition) is 0. The van der Waals surface area contributed by atoms with Crippen molar-refractivity contribution < 1.29 is 4.79 Å². The summed E-state index contributed by atoms with van der Waals surface area (Å²) >= 11 is 5.87. The monoisotopic (exact) mass is 247 g/mol. The van der Waals surface area contributed by atoms with Gasteiger partial charge >= 0.3 is 0 Å². The SMILES string of the molecule is CC1=NN(c2cccc(Cl)c2)C(=O)C1CC#N. The standard InChI is InChI=1S/C12H10ClN3O/c1-8-11(5-6-14)12(17)16(15-8)10-4-2-3-9(13)7-10/h2-4,7,11H,5H2,1H3. The molecule has 1 unspecified atom stereocenters. The van der Waals surface area contributed by atoms with E-state index in [2.05, 4.69) is 5.10 Å². The molecule has 4 nitrogen and oxygen atoms in total. The van der Waals surface area contributed by atoms with Crippen LogP contribution in [0.3, 0.4) is 0 Å². The number of hydrazone groups is 1. The molecule has 0 aromatic heterocycles. The molecule has 5 heteroatoms. The summed E-state index contributed by atoms with van der Waals surface area (Å²) in [5, 5.41) is 14.7. The Morgan fingerprint density at radius 1 is 1.59 bits per heavy atom. The van der Waals surface area contributed by atoms with Gasteiger partial charge in [-0.05, 0) is 25.1 Å². The van der Waals surface area contributed by atoms with Crippen LogP contribution in [0, 0.1) is 17.2 Å². The number of benzene rings is 1. The molecule has 1 atom stereocenters. The molecule has 0 saturated heterocycles. The zero-order chi connectivity index (χ0) is 12.4. The molecule has 17 heavy (non-hydrogen) atoms. The number of anilines is 1. The normalized spacial score (nSPS) is 19.1. The number of nitriles is 1. The minimum absolute atomic E-state index is 0.158. The highest BCUT2D eigenvalue weighted by Gasteiger charge is 2.34. The molecule has 1 heterocycles. The lowest BCUT2D eigenvalue weighted by molar-refractivity contribution is -0.119. The fourth-order valence-electron chi connectivity index (χ4n) is 1.72. The summed E-state index contributed by atoms with van der Waals surface area (Å²) in [4.78, 5) is 12.0. The second kappa shape index (κ2) is 4.56. The van der Waals surface area contributed by atoms with Crippen LogP contribution in [-0.2, 0) is 4.79 Å². The van der Waals surface area contributed by atoms with Crippen LogP contribution in [0.5, 0.6) is 0 Å². The van der Waals surface area contributed by atoms with E-state index in [1.54, 1.807) is 31.2 Å². The van der Waals surface area contributed by atoms with Gasteiger partial charge in [-0.25, -0.2) is 5.01 Å². The summed E-state index contributed by atoms with van der Waals surface area (Å²) in [6, 6.07) is 8.92. The van der Waals surface area contributed by atoms with Crippen molar-refractivity contribution >= 4 is 28.9 Å². The minimum atomic E-state index is -0.431. The zero-order valence-electron chi connectivity index (χ0n) is 9.22. The van der Waals surface area contributed by atoms with E-state index >= 15 is 0 Å². The van der Waals surface area contributed by atoms with Gasteiger partial charge in [0.05, 0.1) is 24.1 Å². The lowest BCUT2D eigenvalue weighted by Gasteiger charge is -2.13. The fraction of sp³-hybridized carbons (Fsp3) is 0.250. The van der Waals surface area contributed by atoms with Gasteiger partial charge in [0.1, 0.15) is 0 Å². The summed E-state index contributed by atoms with van der Waals surface area (Å²) < 4.78 is 0. The van der Waals surface area contributed by atoms with E-state index < -0.39 is 5.92 Å². The number of rotatable bonds is 2. The van der Waals surface area contributed by atoms with Gasteiger partial charge in [0.2, 0.25) is 0 Å². The van der Waals surface area contributed by atoms with E-state index in [0.29, 0.717) is 16.4 Å². The van der Waals surface area contributed by atoms with E-state index in [-0.39, 0.29) is 12.3 Å². The second-order valence-corrected chi connectivity index (χ2v) is 4.22. The summed E-state index contributed by atoms with van der Waals surface area (Å²) in [5.74, 6) is -0.606. The van der Waals surface area contributed by atoms with Crippen molar-refractivity contribution in [1.82, 2.24) is 0 Å². The van der Waals surface area contributed by atoms with Crippen LogP contribution < -0.4 is 5.01 Å². The molecular weight excluding hydrogens is 238 g/mol. The van der Waals surface area contributed by atoms with Gasteiger partial charge in [-0.1, -0.05) is 17.7 Å². The number of halogens is 1. The van der Waals surface area contributed by atoms with Gasteiger partial charge in [-0.2, -0.15) is 10.4 Å². The highest BCUT2D eigenvalue weighted by Crippen LogP contribution is 2.27. The number of nitrogens with zero attached hydrogens (tertiary/aromatic N) is 3. The van der Waals surface area contributed by atoms with Crippen molar-refractivity contribution in [1.29, 1.82) is 5.26 Å². The van der Waals surface area contributed by atoms with Crippen molar-refractivity contribution in [2.75, 3.05) is 5.01 Å². The molecule has 1 aromatic rings. The van der Waals surface area contributed by atoms with Crippen molar-refractivity contribution in [3.63, 3.8) is 0 Å². The highest BCUT2D eigenvalue weighted by atomic mass is 35.5. The number of hydrogen-bond acceptors (Lipinski definition) is 3. The third-order valence-electron chi connectivity index (χ3n) is 2.62. The van der Waals surface area contributed by atoms with Gasteiger partial charge in [0, 0.05) is 10.7 Å². The first kappa shape index (κ1) is 11.6. The lowest BCUT2D eigenvalue weighted by Crippen LogP contribution is -2.26. The summed E-state index contributed by atoms with van der Waals surface area (Å²) in [5.41, 5.74) is 1.29. The Bertz CT molecular complexity index is 533. The molecule has 1 aliphatic heterocycles. The Hall–Kier alpha value is -1.86. The van der Waals surface area contributed by atoms with Crippen LogP contribution in [0.2, 0.25) is 5.02 Å². The topological polar surface area (TPSA) is 56.5 Å². The molecule has 0 aliphatic carbocycles. The Kier molecular flexibility index (Phi) is 3.12. The molecule has 86 valence electrons. The molecule has 1 amide bonds. The average Bonchev–Trinajstić information content (AvgIpc) is 2.57. The number of amides is 1. The Labute approximate surface area is 104 Å². The maximum Gasteiger partial charge on any atom is 0.257 e. The van der Waals surface area contributed by atoms with E-state index in [1.165, 1.54) is 5.01 Å². The molecule has 0 N–H and O–H groups in total. The Balaban J connectivity index is 2.31. The third-order valence-corrected chi connectivity index (χ3v) is 2.85. The van der Waals surface area contributed by atoms with Crippen molar-refractivity contribution in [2.24, 2.45) is 11.0 Å². The molecule has 1 aromatic carbocycles. The maximum absolute atomic E-state index is 12.0. The van der Waals surface area contributed by atoms with E-state index in [0.717, 1.165) is 0 Å². The molecule has 0 fully saturated rings. The predicted octanol–water partition coefficient (Wildman–Crippen LogP) is 2.59. The van der Waals surface area contributed by atoms with E-state index in [1.807, 2.05) is 6.07 Å². The van der Waals surface area contributed by atoms with Gasteiger partial charge in [0.15, 0.2) is 0 Å². The van der Waals surface area contributed by atoms with Crippen molar-refractivity contribution in [3.8, 4) is 6.07 Å². The largest absolute Gasteiger partial charge is 0.272 e. The predicted molar refractivity (Wildman–Crippen MR) is 65.8 cm³/mol. The smallest absolute Gasteiger partial charge is 0.257 e. The molecule has 0 radical (unpaired) electrons. The van der Waals surface area contributed by atoms with Crippen LogP contribution in [0.15, 0.2) is 29.4 Å². The Morgan fingerprint density at radius 3 is 3.00 bits per heavy atom. The summed E-state index contributed by atoms with van der Waals surface area (Å²) in [7, 11) is 0. The van der Waals surface area contributed by atoms with Crippen molar-refractivity contribution in [2.45, 2.75) is 13.3 Å². The van der Waals surface area contributed by atoms with Gasteiger partial charge in [-0.3, -0.25) is 4.79 Å². The van der Waals surface area contributed by atoms with Gasteiger partial charge < -0.3 is 0 Å². The first-order valence-electron chi connectivity index (χ1n) is 5.15. The van der Waals surface area contributed by atoms with Crippen LogP contribution in [0.25, 0.3) is 0 Å². The molecule has 0 spiro atoms. The van der Waals surface area contributed by atoms with Crippen LogP contribution >= 0.6 is 11.6 Å². The first-order chi connectivity index (χ1) is 8.13. The molecule has 0 bridgehead atoms. The van der Waals surface area contributed by atoms with E-state index in [4.69, 9.17) is 16.9 Å². The second-order valence-electron chi connectivity index (χ2n) is 3.79. The van der Waals surface area contributed by atoms with E-state index in [9.17, 15) is 4.79 Å². The number of carbonyl (C=O) groups excluding carboxylic acids is 1. The van der Waals surface area contributed by atoms with Crippen LogP contribution in [0.1, 0.15) is 13.3 Å². The van der Waals surface area contributed by atoms with Gasteiger partial charge in [0.25, 0.3) is 5.91 Å². The van der Waals surface area contributed by atoms with Crippen LogP contribution in [-0.4, -0.2) is 11.6 Å². The van der Waals surface area contributed by atoms with Crippen molar-refractivity contribution in [3.05, 3.63) is 29.3 Å². The fourth-order valence-corrected chi connectivity index (χ4v) is 1.91. The molecule has 0 saturated carbocycles. The molecule has 1 aliphatic rings. The Morgan fingerprint density at radius 2 is 2.35 bits per heavy atom. The quantitative estimate of drug-likeness (QED) is 0.807. The number of carbonyl (C=O) groups is 1. The molecular formula is C12H10ClN3O. The minimum Gasteiger partial charge on any atom is -0.272 e.